The molecule has 0 N–H and O–H groups in total. The van der Waals surface area contributed by atoms with Gasteiger partial charge in [-0.05, 0) is 53.4 Å². The van der Waals surface area contributed by atoms with Gasteiger partial charge in [0.05, 0.1) is 4.47 Å². The molecular formula is C14H18BrF2N. The minimum absolute atomic E-state index is 0.172. The summed E-state index contributed by atoms with van der Waals surface area (Å²) < 4.78 is 27.9. The summed E-state index contributed by atoms with van der Waals surface area (Å²) in [6, 6.07) is 2.73. The van der Waals surface area contributed by atoms with Gasteiger partial charge in [0.25, 0.3) is 0 Å². The van der Waals surface area contributed by atoms with Crippen LogP contribution in [0.15, 0.2) is 16.6 Å². The molecule has 0 bridgehead atoms. The van der Waals surface area contributed by atoms with Gasteiger partial charge in [-0.15, -0.1) is 0 Å². The smallest absolute Gasteiger partial charge is 0.144 e. The van der Waals surface area contributed by atoms with Crippen molar-refractivity contribution in [3.63, 3.8) is 0 Å². The molecule has 1 aliphatic carbocycles. The van der Waals surface area contributed by atoms with Gasteiger partial charge < -0.3 is 0 Å². The molecule has 0 aliphatic heterocycles. The normalized spacial score (nSPS) is 16.1. The number of halogens is 3. The van der Waals surface area contributed by atoms with Crippen molar-refractivity contribution in [3.05, 3.63) is 33.8 Å². The largest absolute Gasteiger partial charge is 0.299 e. The van der Waals surface area contributed by atoms with Gasteiger partial charge in [-0.2, -0.15) is 0 Å². The van der Waals surface area contributed by atoms with Gasteiger partial charge in [0, 0.05) is 18.7 Å². The van der Waals surface area contributed by atoms with Crippen LogP contribution in [-0.4, -0.2) is 18.0 Å². The number of rotatable bonds is 5. The summed E-state index contributed by atoms with van der Waals surface area (Å²) >= 11 is 3.11. The van der Waals surface area contributed by atoms with Crippen molar-refractivity contribution in [1.29, 1.82) is 0 Å². The minimum atomic E-state index is -0.470. The van der Waals surface area contributed by atoms with Crippen molar-refractivity contribution in [2.24, 2.45) is 5.92 Å². The monoisotopic (exact) mass is 317 g/mol. The van der Waals surface area contributed by atoms with Crippen LogP contribution in [0.5, 0.6) is 0 Å². The molecule has 0 unspecified atom stereocenters. The molecule has 0 atom stereocenters. The molecule has 100 valence electrons. The van der Waals surface area contributed by atoms with Crippen LogP contribution in [0.4, 0.5) is 8.78 Å². The lowest BCUT2D eigenvalue weighted by Gasteiger charge is -2.31. The van der Waals surface area contributed by atoms with Crippen molar-refractivity contribution < 1.29 is 8.78 Å². The van der Waals surface area contributed by atoms with Gasteiger partial charge in [-0.1, -0.05) is 13.3 Å². The molecule has 1 aliphatic rings. The first-order valence-corrected chi connectivity index (χ1v) is 7.25. The fourth-order valence-corrected chi connectivity index (χ4v) is 2.66. The van der Waals surface area contributed by atoms with E-state index in [0.717, 1.165) is 13.1 Å². The van der Waals surface area contributed by atoms with Crippen LogP contribution in [0.25, 0.3) is 0 Å². The highest BCUT2D eigenvalue weighted by Gasteiger charge is 2.22. The van der Waals surface area contributed by atoms with Crippen LogP contribution in [-0.2, 0) is 6.54 Å². The van der Waals surface area contributed by atoms with E-state index in [1.807, 2.05) is 6.92 Å². The molecular weight excluding hydrogens is 300 g/mol. The average Bonchev–Trinajstić information content (AvgIpc) is 2.31. The average molecular weight is 318 g/mol. The maximum atomic E-state index is 13.9. The fourth-order valence-electron chi connectivity index (χ4n) is 2.28. The maximum Gasteiger partial charge on any atom is 0.144 e. The molecule has 4 heteroatoms. The van der Waals surface area contributed by atoms with Gasteiger partial charge >= 0.3 is 0 Å². The van der Waals surface area contributed by atoms with Crippen LogP contribution in [0.2, 0.25) is 0 Å². The standard InChI is InChI=1S/C14H18BrF2N/c1-2-18(8-10-4-3-5-10)9-11-13(16)7-6-12(15)14(11)17/h6-7,10H,2-5,8-9H2,1H3. The number of nitrogens with zero attached hydrogens (tertiary/aromatic N) is 1. The topological polar surface area (TPSA) is 3.24 Å². The molecule has 2 rings (SSSR count). The highest BCUT2D eigenvalue weighted by atomic mass is 79.9. The van der Waals surface area contributed by atoms with Gasteiger partial charge in [0.1, 0.15) is 11.6 Å². The Morgan fingerprint density at radius 1 is 1.33 bits per heavy atom. The van der Waals surface area contributed by atoms with Crippen molar-refractivity contribution in [2.75, 3.05) is 13.1 Å². The Kier molecular flexibility index (Phi) is 4.73. The van der Waals surface area contributed by atoms with E-state index in [2.05, 4.69) is 20.8 Å². The van der Waals surface area contributed by atoms with Crippen LogP contribution in [0.3, 0.4) is 0 Å². The molecule has 0 saturated heterocycles. The zero-order chi connectivity index (χ0) is 13.1. The van der Waals surface area contributed by atoms with Crippen LogP contribution < -0.4 is 0 Å². The molecule has 0 amide bonds. The second kappa shape index (κ2) is 6.11. The zero-order valence-corrected chi connectivity index (χ0v) is 12.1. The Morgan fingerprint density at radius 2 is 2.06 bits per heavy atom. The molecule has 1 saturated carbocycles. The lowest BCUT2D eigenvalue weighted by atomic mass is 9.85. The summed E-state index contributed by atoms with van der Waals surface area (Å²) in [6.45, 7) is 4.15. The lowest BCUT2D eigenvalue weighted by Crippen LogP contribution is -2.32. The van der Waals surface area contributed by atoms with Gasteiger partial charge in [-0.25, -0.2) is 8.78 Å². The molecule has 18 heavy (non-hydrogen) atoms. The number of benzene rings is 1. The Balaban J connectivity index is 2.08. The van der Waals surface area contributed by atoms with E-state index in [9.17, 15) is 8.78 Å². The summed E-state index contributed by atoms with van der Waals surface area (Å²) in [5.74, 6) is -0.215. The summed E-state index contributed by atoms with van der Waals surface area (Å²) in [4.78, 5) is 2.12. The molecule has 1 fully saturated rings. The van der Waals surface area contributed by atoms with E-state index in [1.54, 1.807) is 0 Å². The predicted molar refractivity (Wildman–Crippen MR) is 72.4 cm³/mol. The Labute approximate surface area is 115 Å². The van der Waals surface area contributed by atoms with Crippen molar-refractivity contribution >= 4 is 15.9 Å². The number of hydrogen-bond donors (Lipinski definition) is 0. The van der Waals surface area contributed by atoms with Crippen molar-refractivity contribution in [1.82, 2.24) is 4.90 Å². The highest BCUT2D eigenvalue weighted by Crippen LogP contribution is 2.28. The van der Waals surface area contributed by atoms with E-state index in [0.29, 0.717) is 16.9 Å². The quantitative estimate of drug-likeness (QED) is 0.730. The van der Waals surface area contributed by atoms with E-state index in [1.165, 1.54) is 31.4 Å². The molecule has 1 nitrogen and oxygen atoms in total. The SMILES string of the molecule is CCN(Cc1c(F)ccc(Br)c1F)CC1CCC1. The van der Waals surface area contributed by atoms with E-state index < -0.39 is 11.6 Å². The molecule has 0 heterocycles. The van der Waals surface area contributed by atoms with Crippen molar-refractivity contribution in [3.8, 4) is 0 Å². The Bertz CT molecular complexity index is 419. The first kappa shape index (κ1) is 13.9. The summed E-state index contributed by atoms with van der Waals surface area (Å²) in [5, 5.41) is 0. The molecule has 1 aromatic rings. The highest BCUT2D eigenvalue weighted by molar-refractivity contribution is 9.10. The van der Waals surface area contributed by atoms with E-state index in [-0.39, 0.29) is 5.56 Å². The summed E-state index contributed by atoms with van der Waals surface area (Å²) in [6.07, 6.45) is 3.79. The zero-order valence-electron chi connectivity index (χ0n) is 10.6. The Morgan fingerprint density at radius 3 is 2.61 bits per heavy atom. The first-order chi connectivity index (χ1) is 8.61. The van der Waals surface area contributed by atoms with E-state index >= 15 is 0 Å². The minimum Gasteiger partial charge on any atom is -0.299 e. The second-order valence-corrected chi connectivity index (χ2v) is 5.80. The third-order valence-corrected chi connectivity index (χ3v) is 4.32. The molecule has 0 spiro atoms. The predicted octanol–water partition coefficient (Wildman–Crippen LogP) is 4.35. The summed E-state index contributed by atoms with van der Waals surface area (Å²) in [7, 11) is 0. The lowest BCUT2D eigenvalue weighted by molar-refractivity contribution is 0.175. The van der Waals surface area contributed by atoms with Crippen LogP contribution >= 0.6 is 15.9 Å². The fraction of sp³-hybridized carbons (Fsp3) is 0.571. The van der Waals surface area contributed by atoms with E-state index in [4.69, 9.17) is 0 Å². The summed E-state index contributed by atoms with van der Waals surface area (Å²) in [5.41, 5.74) is 0.172. The third kappa shape index (κ3) is 3.09. The number of hydrogen-bond acceptors (Lipinski definition) is 1. The third-order valence-electron chi connectivity index (χ3n) is 3.71. The van der Waals surface area contributed by atoms with Crippen molar-refractivity contribution in [2.45, 2.75) is 32.7 Å². The van der Waals surface area contributed by atoms with Gasteiger partial charge in [0.2, 0.25) is 0 Å². The van der Waals surface area contributed by atoms with Gasteiger partial charge in [0.15, 0.2) is 0 Å². The molecule has 1 aromatic carbocycles. The van der Waals surface area contributed by atoms with Crippen LogP contribution in [0.1, 0.15) is 31.7 Å². The van der Waals surface area contributed by atoms with Crippen LogP contribution in [0, 0.1) is 17.6 Å². The Hall–Kier alpha value is -0.480. The maximum absolute atomic E-state index is 13.9. The first-order valence-electron chi connectivity index (χ1n) is 6.46. The molecule has 0 radical (unpaired) electrons. The molecule has 0 aromatic heterocycles. The van der Waals surface area contributed by atoms with Gasteiger partial charge in [-0.3, -0.25) is 4.90 Å². The second-order valence-electron chi connectivity index (χ2n) is 4.95.